The Bertz CT molecular complexity index is 1490. The number of carbonyl (C=O) groups excluding carboxylic acids is 4. The van der Waals surface area contributed by atoms with Gasteiger partial charge >= 0.3 is 0 Å². The Kier molecular flexibility index (Phi) is 17.1. The van der Waals surface area contributed by atoms with Gasteiger partial charge in [-0.25, -0.2) is 4.98 Å². The molecule has 2 heterocycles. The highest BCUT2D eigenvalue weighted by Gasteiger charge is 2.40. The van der Waals surface area contributed by atoms with E-state index in [2.05, 4.69) is 29.5 Å². The molecule has 0 bridgehead atoms. The fraction of sp³-hybridized carbons (Fsp3) is 0.634. The lowest BCUT2D eigenvalue weighted by Crippen LogP contribution is -2.59. The number of hydrogen-bond donors (Lipinski definition) is 2. The molecular formula is C41H64N6O5S. The second-order valence-electron chi connectivity index (χ2n) is 15.4. The first-order valence-electron chi connectivity index (χ1n) is 19.1. The molecule has 1 unspecified atom stereocenters. The van der Waals surface area contributed by atoms with Gasteiger partial charge in [-0.3, -0.25) is 24.1 Å². The number of benzene rings is 1. The van der Waals surface area contributed by atoms with Crippen molar-refractivity contribution >= 4 is 35.0 Å². The molecule has 1 fully saturated rings. The van der Waals surface area contributed by atoms with E-state index in [1.165, 1.54) is 11.3 Å². The highest BCUT2D eigenvalue weighted by molar-refractivity contribution is 7.09. The lowest BCUT2D eigenvalue weighted by molar-refractivity contribution is -0.146. The molecule has 1 aliphatic heterocycles. The van der Waals surface area contributed by atoms with Crippen LogP contribution >= 0.6 is 11.3 Å². The second kappa shape index (κ2) is 20.7. The molecule has 4 amide bonds. The highest BCUT2D eigenvalue weighted by atomic mass is 32.1. The van der Waals surface area contributed by atoms with Crippen LogP contribution in [0.2, 0.25) is 0 Å². The number of nitrogens with zero attached hydrogens (tertiary/aromatic N) is 4. The molecule has 1 aromatic heterocycles. The maximum Gasteiger partial charge on any atom is 0.247 e. The summed E-state index contributed by atoms with van der Waals surface area (Å²) in [5, 5.41) is 8.98. The minimum atomic E-state index is -0.737. The van der Waals surface area contributed by atoms with Crippen LogP contribution in [0.15, 0.2) is 53.6 Å². The molecule has 2 aromatic rings. The van der Waals surface area contributed by atoms with Crippen LogP contribution in [0.1, 0.15) is 90.8 Å². The van der Waals surface area contributed by atoms with Crippen molar-refractivity contribution in [3.8, 4) is 0 Å². The average molecular weight is 753 g/mol. The van der Waals surface area contributed by atoms with Crippen molar-refractivity contribution < 1.29 is 23.9 Å². The molecule has 2 N–H and O–H groups in total. The summed E-state index contributed by atoms with van der Waals surface area (Å²) in [4.78, 5) is 65.1. The molecule has 0 aliphatic carbocycles. The zero-order chi connectivity index (χ0) is 39.4. The van der Waals surface area contributed by atoms with Gasteiger partial charge in [-0.15, -0.1) is 11.3 Å². The Labute approximate surface area is 321 Å². The maximum absolute atomic E-state index is 14.2. The molecule has 294 valence electrons. The highest BCUT2D eigenvalue weighted by Crippen LogP contribution is 2.27. The molecule has 3 rings (SSSR count). The van der Waals surface area contributed by atoms with Gasteiger partial charge in [0.05, 0.1) is 36.7 Å². The van der Waals surface area contributed by atoms with Crippen LogP contribution in [0.5, 0.6) is 0 Å². The minimum Gasteiger partial charge on any atom is -0.379 e. The Hall–Kier alpha value is -3.61. The molecule has 7 atom stereocenters. The molecule has 1 aromatic carbocycles. The van der Waals surface area contributed by atoms with Crippen molar-refractivity contribution in [1.82, 2.24) is 30.3 Å². The van der Waals surface area contributed by atoms with Crippen LogP contribution in [0, 0.1) is 17.8 Å². The van der Waals surface area contributed by atoms with Gasteiger partial charge in [0.25, 0.3) is 0 Å². The van der Waals surface area contributed by atoms with E-state index in [0.717, 1.165) is 29.8 Å². The molecular weight excluding hydrogens is 689 g/mol. The Morgan fingerprint density at radius 1 is 1.04 bits per heavy atom. The zero-order valence-corrected chi connectivity index (χ0v) is 34.6. The topological polar surface area (TPSA) is 124 Å². The molecule has 1 aliphatic rings. The van der Waals surface area contributed by atoms with Crippen molar-refractivity contribution in [3.05, 3.63) is 64.1 Å². The number of hydrogen-bond acceptors (Lipinski definition) is 8. The van der Waals surface area contributed by atoms with Crippen molar-refractivity contribution in [3.63, 3.8) is 0 Å². The second-order valence-corrected chi connectivity index (χ2v) is 16.3. The van der Waals surface area contributed by atoms with E-state index in [4.69, 9.17) is 4.74 Å². The molecule has 0 radical (unpaired) electrons. The van der Waals surface area contributed by atoms with Gasteiger partial charge in [-0.1, -0.05) is 84.4 Å². The Balaban J connectivity index is 1.76. The summed E-state index contributed by atoms with van der Waals surface area (Å²) in [5.74, 6) is -0.747. The summed E-state index contributed by atoms with van der Waals surface area (Å²) in [5.41, 5.74) is 1.65. The lowest BCUT2D eigenvalue weighted by atomic mass is 9.89. The third-order valence-corrected chi connectivity index (χ3v) is 11.4. The molecule has 1 saturated heterocycles. The first-order valence-corrected chi connectivity index (χ1v) is 20.0. The summed E-state index contributed by atoms with van der Waals surface area (Å²) in [7, 11) is 7.07. The summed E-state index contributed by atoms with van der Waals surface area (Å²) in [6, 6.07) is 7.99. The number of ether oxygens (including phenoxy) is 1. The Morgan fingerprint density at radius 3 is 2.26 bits per heavy atom. The number of carbonyl (C=O) groups is 4. The van der Waals surface area contributed by atoms with E-state index in [1.807, 2.05) is 93.4 Å². The van der Waals surface area contributed by atoms with Crippen molar-refractivity contribution in [2.24, 2.45) is 17.8 Å². The maximum atomic E-state index is 14.2. The zero-order valence-electron chi connectivity index (χ0n) is 33.8. The largest absolute Gasteiger partial charge is 0.379 e. The van der Waals surface area contributed by atoms with Crippen LogP contribution in [0.4, 0.5) is 0 Å². The standard InChI is InChI=1S/C41H64N6O5S/c1-12-28(6)37(46(10)41(51)35(26(2)3)44-39(50)36(27(4)5)45(8)9)33(52-11)25-34(48)47-21-16-19-31(47)23-29(7)38(49)43-32(40-42-20-22-53-40)24-30-17-14-13-15-18-30/h13-15,17-18,20,22-23,26-28,31-33,35-37H,12,16,19,21,24-25H2,1-11H3,(H,43,49)(H,44,50)/b29-23+/t28?,31-,32-,33+,35-,36-,37-/m0/s1. The van der Waals surface area contributed by atoms with E-state index >= 15 is 0 Å². The van der Waals surface area contributed by atoms with Gasteiger partial charge in [0.15, 0.2) is 0 Å². The molecule has 0 spiro atoms. The third-order valence-electron chi connectivity index (χ3n) is 10.5. The number of methoxy groups -OCH3 is 1. The van der Waals surface area contributed by atoms with Gasteiger partial charge in [0.1, 0.15) is 11.0 Å². The summed E-state index contributed by atoms with van der Waals surface area (Å²) >= 11 is 1.51. The van der Waals surface area contributed by atoms with Gasteiger partial charge in [0.2, 0.25) is 23.6 Å². The number of nitrogens with one attached hydrogen (secondary N) is 2. The monoisotopic (exact) mass is 752 g/mol. The third kappa shape index (κ3) is 11.9. The fourth-order valence-electron chi connectivity index (χ4n) is 7.49. The summed E-state index contributed by atoms with van der Waals surface area (Å²) < 4.78 is 6.02. The molecule has 0 saturated carbocycles. The summed E-state index contributed by atoms with van der Waals surface area (Å²) in [6.07, 6.45) is 6.11. The van der Waals surface area contributed by atoms with Gasteiger partial charge in [-0.2, -0.15) is 0 Å². The number of amides is 4. The van der Waals surface area contributed by atoms with Crippen LogP contribution in [-0.2, 0) is 30.3 Å². The minimum absolute atomic E-state index is 0.0114. The SMILES string of the molecule is CCC(C)[C@@H]([C@@H](CC(=O)N1CCC[C@H]1/C=C(\C)C(=O)N[C@@H](Cc1ccccc1)c1nccs1)OC)N(C)C(=O)[C@@H](NC(=O)[C@H](C(C)C)N(C)C)C(C)C. The van der Waals surface area contributed by atoms with Crippen LogP contribution in [0.3, 0.4) is 0 Å². The van der Waals surface area contributed by atoms with Crippen molar-refractivity contribution in [2.45, 2.75) is 117 Å². The molecule has 11 nitrogen and oxygen atoms in total. The Morgan fingerprint density at radius 2 is 1.72 bits per heavy atom. The van der Waals surface area contributed by atoms with E-state index in [-0.39, 0.29) is 65.9 Å². The van der Waals surface area contributed by atoms with E-state index < -0.39 is 18.2 Å². The first-order chi connectivity index (χ1) is 25.1. The number of rotatable bonds is 19. The smallest absolute Gasteiger partial charge is 0.247 e. The van der Waals surface area contributed by atoms with E-state index in [0.29, 0.717) is 18.5 Å². The molecule has 12 heteroatoms. The fourth-order valence-corrected chi connectivity index (χ4v) is 8.18. The van der Waals surface area contributed by atoms with Crippen LogP contribution in [-0.4, -0.2) is 108 Å². The molecule has 53 heavy (non-hydrogen) atoms. The normalized spacial score (nSPS) is 18.4. The predicted molar refractivity (Wildman–Crippen MR) is 212 cm³/mol. The van der Waals surface area contributed by atoms with Crippen molar-refractivity contribution in [2.75, 3.05) is 34.8 Å². The number of likely N-dealkylation sites (tertiary alicyclic amines) is 1. The number of aromatic nitrogens is 1. The van der Waals surface area contributed by atoms with E-state index in [9.17, 15) is 19.2 Å². The lowest BCUT2D eigenvalue weighted by Gasteiger charge is -2.40. The van der Waals surface area contributed by atoms with Crippen LogP contribution < -0.4 is 10.6 Å². The average Bonchev–Trinajstić information content (AvgIpc) is 3.82. The quantitative estimate of drug-likeness (QED) is 0.182. The van der Waals surface area contributed by atoms with Gasteiger partial charge < -0.3 is 25.2 Å². The number of thiazole rings is 1. The predicted octanol–water partition coefficient (Wildman–Crippen LogP) is 5.49. The van der Waals surface area contributed by atoms with Gasteiger partial charge in [-0.05, 0) is 63.6 Å². The van der Waals surface area contributed by atoms with Gasteiger partial charge in [0, 0.05) is 37.9 Å². The number of likely N-dealkylation sites (N-methyl/N-ethyl adjacent to an activating group) is 2. The summed E-state index contributed by atoms with van der Waals surface area (Å²) in [6.45, 7) is 14.3. The van der Waals surface area contributed by atoms with E-state index in [1.54, 1.807) is 32.2 Å². The van der Waals surface area contributed by atoms with Crippen molar-refractivity contribution in [1.29, 1.82) is 0 Å². The first kappa shape index (κ1) is 43.8. The van der Waals surface area contributed by atoms with Crippen LogP contribution in [0.25, 0.3) is 0 Å².